The second kappa shape index (κ2) is 6.88. The Hall–Kier alpha value is -2.61. The first-order valence-corrected chi connectivity index (χ1v) is 8.48. The van der Waals surface area contributed by atoms with Crippen LogP contribution in [0.2, 0.25) is 0 Å². The Kier molecular flexibility index (Phi) is 4.66. The van der Waals surface area contributed by atoms with E-state index >= 15 is 0 Å². The molecule has 2 aromatic heterocycles. The molecule has 0 saturated heterocycles. The molecule has 0 saturated carbocycles. The van der Waals surface area contributed by atoms with Gasteiger partial charge in [0.1, 0.15) is 6.33 Å². The molecule has 2 N–H and O–H groups in total. The smallest absolute Gasteiger partial charge is 0.274 e. The van der Waals surface area contributed by atoms with E-state index in [1.54, 1.807) is 0 Å². The quantitative estimate of drug-likeness (QED) is 0.694. The number of aromatic amines is 1. The van der Waals surface area contributed by atoms with Gasteiger partial charge >= 0.3 is 0 Å². The number of anilines is 1. The van der Waals surface area contributed by atoms with E-state index in [4.69, 9.17) is 0 Å². The Morgan fingerprint density at radius 2 is 2.17 bits per heavy atom. The number of thioether (sulfide) groups is 1. The minimum atomic E-state index is -0.200. The lowest BCUT2D eigenvalue weighted by molar-refractivity contribution is -0.118. The molecule has 24 heavy (non-hydrogen) atoms. The van der Waals surface area contributed by atoms with E-state index in [9.17, 15) is 9.59 Å². The van der Waals surface area contributed by atoms with Crippen LogP contribution < -0.4 is 10.9 Å². The van der Waals surface area contributed by atoms with Gasteiger partial charge in [-0.1, -0.05) is 26.0 Å². The molecular formula is C16H17N5O2S. The van der Waals surface area contributed by atoms with E-state index in [0.717, 1.165) is 10.6 Å². The second-order valence-electron chi connectivity index (χ2n) is 5.54. The number of para-hydroxylation sites is 1. The number of benzene rings is 1. The molecule has 124 valence electrons. The monoisotopic (exact) mass is 343 g/mol. The third-order valence-electron chi connectivity index (χ3n) is 3.37. The van der Waals surface area contributed by atoms with Crippen molar-refractivity contribution in [2.75, 3.05) is 5.32 Å². The number of nitrogens with zero attached hydrogens (tertiary/aromatic N) is 3. The van der Waals surface area contributed by atoms with E-state index in [1.807, 2.05) is 38.1 Å². The van der Waals surface area contributed by atoms with Crippen molar-refractivity contribution in [3.05, 3.63) is 52.7 Å². The van der Waals surface area contributed by atoms with Crippen molar-refractivity contribution in [2.45, 2.75) is 24.5 Å². The summed E-state index contributed by atoms with van der Waals surface area (Å²) in [5, 5.41) is 5.63. The summed E-state index contributed by atoms with van der Waals surface area (Å²) in [6, 6.07) is 9.06. The molecule has 0 unspecified atom stereocenters. The molecule has 0 aliphatic rings. The SMILES string of the molecule is CC(C)C(=O)Nc1ccccc1SCc1cc(=O)n2[nH]cnc2n1. The Balaban J connectivity index is 1.78. The summed E-state index contributed by atoms with van der Waals surface area (Å²) in [4.78, 5) is 33.1. The van der Waals surface area contributed by atoms with Crippen LogP contribution in [0.4, 0.5) is 5.69 Å². The Morgan fingerprint density at radius 1 is 1.38 bits per heavy atom. The van der Waals surface area contributed by atoms with Gasteiger partial charge in [0.2, 0.25) is 5.91 Å². The molecule has 7 nitrogen and oxygen atoms in total. The predicted octanol–water partition coefficient (Wildman–Crippen LogP) is 2.30. The van der Waals surface area contributed by atoms with Gasteiger partial charge in [0, 0.05) is 22.6 Å². The number of nitrogens with one attached hydrogen (secondary N) is 2. The van der Waals surface area contributed by atoms with Crippen LogP contribution >= 0.6 is 11.8 Å². The number of carbonyl (C=O) groups is 1. The highest BCUT2D eigenvalue weighted by Gasteiger charge is 2.11. The fourth-order valence-corrected chi connectivity index (χ4v) is 2.97. The number of aromatic nitrogens is 4. The van der Waals surface area contributed by atoms with Gasteiger partial charge in [-0.2, -0.15) is 4.52 Å². The molecule has 0 radical (unpaired) electrons. The van der Waals surface area contributed by atoms with Gasteiger partial charge in [0.25, 0.3) is 11.3 Å². The van der Waals surface area contributed by atoms with Crippen LogP contribution in [0.25, 0.3) is 5.78 Å². The zero-order chi connectivity index (χ0) is 17.1. The molecule has 3 rings (SSSR count). The molecule has 0 spiro atoms. The summed E-state index contributed by atoms with van der Waals surface area (Å²) in [5.41, 5.74) is 1.20. The minimum Gasteiger partial charge on any atom is -0.325 e. The highest BCUT2D eigenvalue weighted by molar-refractivity contribution is 7.98. The fourth-order valence-electron chi connectivity index (χ4n) is 2.07. The number of rotatable bonds is 5. The molecule has 1 aromatic carbocycles. The van der Waals surface area contributed by atoms with Gasteiger partial charge in [-0.25, -0.2) is 9.97 Å². The maximum Gasteiger partial charge on any atom is 0.274 e. The van der Waals surface area contributed by atoms with Crippen LogP contribution in [0.1, 0.15) is 19.5 Å². The van der Waals surface area contributed by atoms with Crippen molar-refractivity contribution < 1.29 is 4.79 Å². The predicted molar refractivity (Wildman–Crippen MR) is 93.1 cm³/mol. The summed E-state index contributed by atoms with van der Waals surface area (Å²) in [6.45, 7) is 3.70. The van der Waals surface area contributed by atoms with Gasteiger partial charge in [0.05, 0.1) is 11.4 Å². The number of carbonyl (C=O) groups excluding carboxylic acids is 1. The number of amides is 1. The van der Waals surface area contributed by atoms with Crippen LogP contribution in [0.5, 0.6) is 0 Å². The Morgan fingerprint density at radius 3 is 2.96 bits per heavy atom. The van der Waals surface area contributed by atoms with Crippen molar-refractivity contribution in [1.29, 1.82) is 0 Å². The summed E-state index contributed by atoms with van der Waals surface area (Å²) in [5.74, 6) is 0.733. The number of hydrogen-bond donors (Lipinski definition) is 2. The van der Waals surface area contributed by atoms with Gasteiger partial charge in [-0.15, -0.1) is 11.8 Å². The molecule has 0 aliphatic heterocycles. The van der Waals surface area contributed by atoms with Gasteiger partial charge in [-0.05, 0) is 12.1 Å². The van der Waals surface area contributed by atoms with Crippen molar-refractivity contribution >= 4 is 29.1 Å². The van der Waals surface area contributed by atoms with E-state index in [0.29, 0.717) is 17.2 Å². The molecule has 3 aromatic rings. The summed E-state index contributed by atoms with van der Waals surface area (Å²) in [6.07, 6.45) is 1.43. The molecule has 0 atom stereocenters. The molecule has 0 fully saturated rings. The van der Waals surface area contributed by atoms with Crippen molar-refractivity contribution in [3.8, 4) is 0 Å². The zero-order valence-electron chi connectivity index (χ0n) is 13.3. The molecule has 0 aliphatic carbocycles. The molecular weight excluding hydrogens is 326 g/mol. The number of fused-ring (bicyclic) bond motifs is 1. The van der Waals surface area contributed by atoms with Crippen LogP contribution in [0.15, 0.2) is 46.3 Å². The average molecular weight is 343 g/mol. The molecule has 2 heterocycles. The molecule has 1 amide bonds. The second-order valence-corrected chi connectivity index (χ2v) is 6.55. The standard InChI is InChI=1S/C16H17N5O2S/c1-10(2)15(23)20-12-5-3-4-6-13(12)24-8-11-7-14(22)21-16(19-11)17-9-18-21/h3-7,9-10H,8H2,1-2H3,(H,20,23)(H,17,18,19). The van der Waals surface area contributed by atoms with E-state index in [-0.39, 0.29) is 17.4 Å². The number of hydrogen-bond acceptors (Lipinski definition) is 5. The first-order valence-electron chi connectivity index (χ1n) is 7.49. The van der Waals surface area contributed by atoms with Crippen molar-refractivity contribution in [1.82, 2.24) is 19.6 Å². The maximum absolute atomic E-state index is 11.9. The fraction of sp³-hybridized carbons (Fsp3) is 0.250. The first-order chi connectivity index (χ1) is 11.5. The minimum absolute atomic E-state index is 0.0302. The largest absolute Gasteiger partial charge is 0.325 e. The lowest BCUT2D eigenvalue weighted by atomic mass is 10.2. The summed E-state index contributed by atoms with van der Waals surface area (Å²) < 4.78 is 1.28. The van der Waals surface area contributed by atoms with E-state index < -0.39 is 0 Å². The van der Waals surface area contributed by atoms with Crippen LogP contribution in [-0.2, 0) is 10.5 Å². The van der Waals surface area contributed by atoms with E-state index in [1.165, 1.54) is 28.7 Å². The van der Waals surface area contributed by atoms with Crippen molar-refractivity contribution in [3.63, 3.8) is 0 Å². The zero-order valence-corrected chi connectivity index (χ0v) is 14.1. The molecule has 0 bridgehead atoms. The summed E-state index contributed by atoms with van der Waals surface area (Å²) in [7, 11) is 0. The summed E-state index contributed by atoms with van der Waals surface area (Å²) >= 11 is 1.51. The van der Waals surface area contributed by atoms with Crippen LogP contribution in [0, 0.1) is 5.92 Å². The third kappa shape index (κ3) is 3.48. The Bertz CT molecular complexity index is 931. The normalized spacial score (nSPS) is 11.1. The van der Waals surface area contributed by atoms with Gasteiger partial charge < -0.3 is 5.32 Å². The van der Waals surface area contributed by atoms with Crippen molar-refractivity contribution in [2.24, 2.45) is 5.92 Å². The van der Waals surface area contributed by atoms with Gasteiger partial charge in [0.15, 0.2) is 0 Å². The lowest BCUT2D eigenvalue weighted by Crippen LogP contribution is -2.18. The highest BCUT2D eigenvalue weighted by atomic mass is 32.2. The topological polar surface area (TPSA) is 92.2 Å². The van der Waals surface area contributed by atoms with Crippen LogP contribution in [0.3, 0.4) is 0 Å². The lowest BCUT2D eigenvalue weighted by Gasteiger charge is -2.12. The maximum atomic E-state index is 11.9. The molecule has 8 heteroatoms. The van der Waals surface area contributed by atoms with Gasteiger partial charge in [-0.3, -0.25) is 14.7 Å². The highest BCUT2D eigenvalue weighted by Crippen LogP contribution is 2.29. The first kappa shape index (κ1) is 16.3. The van der Waals surface area contributed by atoms with Crippen LogP contribution in [-0.4, -0.2) is 25.5 Å². The third-order valence-corrected chi connectivity index (χ3v) is 4.47. The average Bonchev–Trinajstić information content (AvgIpc) is 3.03. The Labute approximate surface area is 142 Å². The number of H-pyrrole nitrogens is 1. The van der Waals surface area contributed by atoms with E-state index in [2.05, 4.69) is 20.4 Å².